The first-order chi connectivity index (χ1) is 7.83. The number of rotatable bonds is 8. The normalized spacial score (nSPS) is 12.4. The predicted octanol–water partition coefficient (Wildman–Crippen LogP) is 1.47. The van der Waals surface area contributed by atoms with Crippen LogP contribution < -0.4 is 5.32 Å². The molecular weight excluding hydrogens is 206 g/mol. The molecule has 1 aromatic carbocycles. The van der Waals surface area contributed by atoms with Gasteiger partial charge in [-0.3, -0.25) is 0 Å². The molecule has 2 N–H and O–H groups in total. The SMILES string of the molecule is COCCOC(O)CCNc1ccccc1. The summed E-state index contributed by atoms with van der Waals surface area (Å²) in [5, 5.41) is 12.6. The number of nitrogens with one attached hydrogen (secondary N) is 1. The van der Waals surface area contributed by atoms with Crippen LogP contribution in [0, 0.1) is 0 Å². The van der Waals surface area contributed by atoms with Crippen molar-refractivity contribution in [2.75, 3.05) is 32.2 Å². The summed E-state index contributed by atoms with van der Waals surface area (Å²) in [7, 11) is 1.60. The van der Waals surface area contributed by atoms with Crippen LogP contribution in [0.5, 0.6) is 0 Å². The largest absolute Gasteiger partial charge is 0.385 e. The lowest BCUT2D eigenvalue weighted by Gasteiger charge is -2.12. The maximum absolute atomic E-state index is 9.44. The summed E-state index contributed by atoms with van der Waals surface area (Å²) in [5.74, 6) is 0. The Morgan fingerprint density at radius 2 is 2.00 bits per heavy atom. The van der Waals surface area contributed by atoms with E-state index in [-0.39, 0.29) is 0 Å². The van der Waals surface area contributed by atoms with Gasteiger partial charge in [-0.15, -0.1) is 0 Å². The Morgan fingerprint density at radius 3 is 2.69 bits per heavy atom. The molecule has 1 rings (SSSR count). The fraction of sp³-hybridized carbons (Fsp3) is 0.500. The molecule has 0 amide bonds. The zero-order valence-electron chi connectivity index (χ0n) is 9.56. The van der Waals surface area contributed by atoms with Gasteiger partial charge >= 0.3 is 0 Å². The number of anilines is 1. The van der Waals surface area contributed by atoms with Crippen molar-refractivity contribution in [3.05, 3.63) is 30.3 Å². The molecule has 4 nitrogen and oxygen atoms in total. The molecule has 0 fully saturated rings. The molecule has 90 valence electrons. The number of ether oxygens (including phenoxy) is 2. The van der Waals surface area contributed by atoms with Gasteiger partial charge in [0.1, 0.15) is 0 Å². The van der Waals surface area contributed by atoms with Crippen LogP contribution in [0.25, 0.3) is 0 Å². The van der Waals surface area contributed by atoms with Gasteiger partial charge in [0.25, 0.3) is 0 Å². The average molecular weight is 225 g/mol. The lowest BCUT2D eigenvalue weighted by Crippen LogP contribution is -2.19. The Bertz CT molecular complexity index is 266. The third-order valence-corrected chi connectivity index (χ3v) is 2.09. The van der Waals surface area contributed by atoms with E-state index in [1.165, 1.54) is 0 Å². The quantitative estimate of drug-likeness (QED) is 0.519. The number of methoxy groups -OCH3 is 1. The molecule has 0 saturated carbocycles. The minimum atomic E-state index is -0.730. The third kappa shape index (κ3) is 5.70. The van der Waals surface area contributed by atoms with Crippen molar-refractivity contribution in [1.29, 1.82) is 0 Å². The van der Waals surface area contributed by atoms with Crippen LogP contribution in [0.3, 0.4) is 0 Å². The van der Waals surface area contributed by atoms with E-state index in [4.69, 9.17) is 9.47 Å². The van der Waals surface area contributed by atoms with Gasteiger partial charge in [-0.05, 0) is 12.1 Å². The monoisotopic (exact) mass is 225 g/mol. The third-order valence-electron chi connectivity index (χ3n) is 2.09. The standard InChI is InChI=1S/C12H19NO3/c1-15-9-10-16-12(14)7-8-13-11-5-3-2-4-6-11/h2-6,12-14H,7-10H2,1H3. The molecule has 1 aromatic rings. The summed E-state index contributed by atoms with van der Waals surface area (Å²) in [6.07, 6.45) is -0.176. The zero-order chi connectivity index (χ0) is 11.6. The summed E-state index contributed by atoms with van der Waals surface area (Å²) >= 11 is 0. The van der Waals surface area contributed by atoms with Crippen LogP contribution in [0.4, 0.5) is 5.69 Å². The molecule has 0 aliphatic carbocycles. The van der Waals surface area contributed by atoms with Gasteiger partial charge in [-0.25, -0.2) is 0 Å². The highest BCUT2D eigenvalue weighted by molar-refractivity contribution is 5.42. The minimum Gasteiger partial charge on any atom is -0.385 e. The maximum Gasteiger partial charge on any atom is 0.156 e. The maximum atomic E-state index is 9.44. The number of hydrogen-bond acceptors (Lipinski definition) is 4. The smallest absolute Gasteiger partial charge is 0.156 e. The van der Waals surface area contributed by atoms with E-state index in [0.717, 1.165) is 5.69 Å². The Balaban J connectivity index is 2.06. The summed E-state index contributed by atoms with van der Waals surface area (Å²) < 4.78 is 9.93. The molecule has 0 heterocycles. The first-order valence-corrected chi connectivity index (χ1v) is 5.40. The van der Waals surface area contributed by atoms with E-state index in [1.54, 1.807) is 7.11 Å². The molecule has 4 heteroatoms. The number of aliphatic hydroxyl groups excluding tert-OH is 1. The second kappa shape index (κ2) is 8.10. The van der Waals surface area contributed by atoms with Crippen molar-refractivity contribution >= 4 is 5.69 Å². The Labute approximate surface area is 96.2 Å². The molecule has 0 bridgehead atoms. The summed E-state index contributed by atoms with van der Waals surface area (Å²) in [4.78, 5) is 0. The molecule has 1 unspecified atom stereocenters. The first-order valence-electron chi connectivity index (χ1n) is 5.40. The Kier molecular flexibility index (Phi) is 6.56. The van der Waals surface area contributed by atoms with Gasteiger partial charge < -0.3 is 19.9 Å². The van der Waals surface area contributed by atoms with Crippen molar-refractivity contribution in [2.45, 2.75) is 12.7 Å². The summed E-state index contributed by atoms with van der Waals surface area (Å²) in [5.41, 5.74) is 1.05. The van der Waals surface area contributed by atoms with Gasteiger partial charge in [-0.1, -0.05) is 18.2 Å². The molecule has 0 saturated heterocycles. The minimum absolute atomic E-state index is 0.420. The average Bonchev–Trinajstić information content (AvgIpc) is 2.31. The van der Waals surface area contributed by atoms with E-state index in [2.05, 4.69) is 5.32 Å². The first kappa shape index (κ1) is 13.0. The molecule has 0 aromatic heterocycles. The number of hydrogen-bond donors (Lipinski definition) is 2. The number of benzene rings is 1. The van der Waals surface area contributed by atoms with Gasteiger partial charge in [0.05, 0.1) is 13.2 Å². The second-order valence-corrected chi connectivity index (χ2v) is 3.40. The molecular formula is C12H19NO3. The topological polar surface area (TPSA) is 50.7 Å². The highest BCUT2D eigenvalue weighted by Gasteiger charge is 2.02. The zero-order valence-corrected chi connectivity index (χ0v) is 9.56. The van der Waals surface area contributed by atoms with Crippen molar-refractivity contribution in [3.8, 4) is 0 Å². The van der Waals surface area contributed by atoms with Crippen LogP contribution in [-0.4, -0.2) is 38.3 Å². The van der Waals surface area contributed by atoms with Crippen molar-refractivity contribution in [1.82, 2.24) is 0 Å². The van der Waals surface area contributed by atoms with E-state index in [0.29, 0.717) is 26.2 Å². The van der Waals surface area contributed by atoms with Crippen molar-refractivity contribution < 1.29 is 14.6 Å². The van der Waals surface area contributed by atoms with Gasteiger partial charge in [-0.2, -0.15) is 0 Å². The van der Waals surface area contributed by atoms with Crippen LogP contribution in [0.1, 0.15) is 6.42 Å². The second-order valence-electron chi connectivity index (χ2n) is 3.40. The molecule has 0 aliphatic heterocycles. The van der Waals surface area contributed by atoms with Gasteiger partial charge in [0.15, 0.2) is 6.29 Å². The lowest BCUT2D eigenvalue weighted by atomic mass is 10.3. The van der Waals surface area contributed by atoms with E-state index in [9.17, 15) is 5.11 Å². The Morgan fingerprint density at radius 1 is 1.25 bits per heavy atom. The molecule has 1 atom stereocenters. The lowest BCUT2D eigenvalue weighted by molar-refractivity contribution is -0.111. The van der Waals surface area contributed by atoms with Gasteiger partial charge in [0, 0.05) is 25.8 Å². The van der Waals surface area contributed by atoms with Crippen LogP contribution in [0.15, 0.2) is 30.3 Å². The fourth-order valence-electron chi connectivity index (χ4n) is 1.25. The predicted molar refractivity (Wildman–Crippen MR) is 63.4 cm³/mol. The van der Waals surface area contributed by atoms with Crippen LogP contribution in [0.2, 0.25) is 0 Å². The summed E-state index contributed by atoms with van der Waals surface area (Å²) in [6.45, 7) is 1.60. The Hall–Kier alpha value is -1.10. The van der Waals surface area contributed by atoms with Crippen molar-refractivity contribution in [2.24, 2.45) is 0 Å². The molecule has 0 spiro atoms. The van der Waals surface area contributed by atoms with Crippen LogP contribution in [-0.2, 0) is 9.47 Å². The number of aliphatic hydroxyl groups is 1. The van der Waals surface area contributed by atoms with Gasteiger partial charge in [0.2, 0.25) is 0 Å². The molecule has 16 heavy (non-hydrogen) atoms. The van der Waals surface area contributed by atoms with E-state index in [1.807, 2.05) is 30.3 Å². The fourth-order valence-corrected chi connectivity index (χ4v) is 1.25. The van der Waals surface area contributed by atoms with Crippen LogP contribution >= 0.6 is 0 Å². The highest BCUT2D eigenvalue weighted by Crippen LogP contribution is 2.05. The molecule has 0 radical (unpaired) electrons. The summed E-state index contributed by atoms with van der Waals surface area (Å²) in [6, 6.07) is 9.87. The number of para-hydroxylation sites is 1. The van der Waals surface area contributed by atoms with Crippen molar-refractivity contribution in [3.63, 3.8) is 0 Å². The molecule has 0 aliphatic rings. The highest BCUT2D eigenvalue weighted by atomic mass is 16.6. The van der Waals surface area contributed by atoms with E-state index < -0.39 is 6.29 Å². The van der Waals surface area contributed by atoms with E-state index >= 15 is 0 Å².